The Balaban J connectivity index is 2.68. The van der Waals surface area contributed by atoms with Crippen molar-refractivity contribution in [3.63, 3.8) is 0 Å². The highest BCUT2D eigenvalue weighted by Crippen LogP contribution is 2.10. The molecule has 0 aliphatic rings. The van der Waals surface area contributed by atoms with Gasteiger partial charge in [0.15, 0.2) is 0 Å². The molecule has 1 aromatic rings. The molecule has 0 aliphatic carbocycles. The second kappa shape index (κ2) is 4.28. The molecular formula is C10H11ClO2. The van der Waals surface area contributed by atoms with Gasteiger partial charge >= 0.3 is 5.43 Å². The highest BCUT2D eigenvalue weighted by atomic mass is 35.5. The summed E-state index contributed by atoms with van der Waals surface area (Å²) in [4.78, 5) is 10.3. The van der Waals surface area contributed by atoms with Crippen LogP contribution in [0.15, 0.2) is 18.2 Å². The van der Waals surface area contributed by atoms with E-state index in [0.29, 0.717) is 0 Å². The predicted molar refractivity (Wildman–Crippen MR) is 52.0 cm³/mol. The lowest BCUT2D eigenvalue weighted by molar-refractivity contribution is 0.167. The smallest absolute Gasteiger partial charge is 0.404 e. The summed E-state index contributed by atoms with van der Waals surface area (Å²) in [5.41, 5.74) is 2.60. The van der Waals surface area contributed by atoms with Crippen LogP contribution in [0.5, 0.6) is 0 Å². The minimum atomic E-state index is -0.766. The van der Waals surface area contributed by atoms with E-state index in [4.69, 9.17) is 11.6 Å². The molecule has 1 aromatic carbocycles. The molecule has 0 N–H and O–H groups in total. The Labute approximate surface area is 82.5 Å². The fourth-order valence-corrected chi connectivity index (χ4v) is 1.09. The number of rotatable bonds is 2. The van der Waals surface area contributed by atoms with Gasteiger partial charge < -0.3 is 4.74 Å². The summed E-state index contributed by atoms with van der Waals surface area (Å²) in [6.45, 7) is 4.29. The first kappa shape index (κ1) is 10.1. The number of ether oxygens (including phenoxy) is 1. The van der Waals surface area contributed by atoms with Crippen LogP contribution in [0.3, 0.4) is 0 Å². The molecule has 1 rings (SSSR count). The number of aryl methyl sites for hydroxylation is 2. The molecule has 0 saturated carbocycles. The van der Waals surface area contributed by atoms with Gasteiger partial charge in [-0.25, -0.2) is 4.79 Å². The van der Waals surface area contributed by atoms with Crippen LogP contribution in [0.4, 0.5) is 4.79 Å². The van der Waals surface area contributed by atoms with Gasteiger partial charge in [-0.2, -0.15) is 0 Å². The van der Waals surface area contributed by atoms with Crippen LogP contribution in [0.1, 0.15) is 16.7 Å². The van der Waals surface area contributed by atoms with Crippen molar-refractivity contribution in [1.29, 1.82) is 0 Å². The summed E-state index contributed by atoms with van der Waals surface area (Å²) < 4.78 is 4.65. The van der Waals surface area contributed by atoms with Gasteiger partial charge in [0.05, 0.1) is 0 Å². The van der Waals surface area contributed by atoms with Crippen LogP contribution >= 0.6 is 11.6 Å². The third-order valence-corrected chi connectivity index (χ3v) is 2.03. The largest absolute Gasteiger partial charge is 0.449 e. The zero-order chi connectivity index (χ0) is 9.84. The monoisotopic (exact) mass is 198 g/mol. The number of hydrogen-bond acceptors (Lipinski definition) is 2. The number of carbonyl (C=O) groups excluding carboxylic acids is 1. The quantitative estimate of drug-likeness (QED) is 0.683. The van der Waals surface area contributed by atoms with E-state index in [9.17, 15) is 4.79 Å². The molecule has 70 valence electrons. The van der Waals surface area contributed by atoms with E-state index in [1.807, 2.05) is 32.0 Å². The van der Waals surface area contributed by atoms with Crippen LogP contribution < -0.4 is 0 Å². The van der Waals surface area contributed by atoms with E-state index in [0.717, 1.165) is 5.56 Å². The first-order valence-corrected chi connectivity index (χ1v) is 4.36. The van der Waals surface area contributed by atoms with Crippen LogP contribution in [0.25, 0.3) is 0 Å². The van der Waals surface area contributed by atoms with Crippen molar-refractivity contribution >= 4 is 17.0 Å². The minimum Gasteiger partial charge on any atom is -0.449 e. The van der Waals surface area contributed by atoms with Crippen LogP contribution in [-0.2, 0) is 11.3 Å². The highest BCUT2D eigenvalue weighted by Gasteiger charge is 1.99. The summed E-state index contributed by atoms with van der Waals surface area (Å²) in [5, 5.41) is 0. The molecule has 0 atom stereocenters. The Morgan fingerprint density at radius 1 is 1.38 bits per heavy atom. The van der Waals surface area contributed by atoms with Crippen molar-refractivity contribution in [2.24, 2.45) is 0 Å². The lowest BCUT2D eigenvalue weighted by Crippen LogP contribution is -1.95. The summed E-state index contributed by atoms with van der Waals surface area (Å²) in [7, 11) is 0. The first-order chi connectivity index (χ1) is 6.09. The fourth-order valence-electron chi connectivity index (χ4n) is 1.03. The van der Waals surface area contributed by atoms with E-state index in [-0.39, 0.29) is 6.61 Å². The third kappa shape index (κ3) is 3.07. The second-order valence-corrected chi connectivity index (χ2v) is 3.25. The van der Waals surface area contributed by atoms with Gasteiger partial charge in [0, 0.05) is 11.6 Å². The maximum absolute atomic E-state index is 10.3. The molecule has 0 aliphatic heterocycles. The zero-order valence-corrected chi connectivity index (χ0v) is 8.39. The van der Waals surface area contributed by atoms with Gasteiger partial charge in [-0.3, -0.25) is 0 Å². The Kier molecular flexibility index (Phi) is 3.32. The van der Waals surface area contributed by atoms with Crippen molar-refractivity contribution in [3.8, 4) is 0 Å². The van der Waals surface area contributed by atoms with E-state index in [2.05, 4.69) is 4.74 Å². The molecule has 0 bridgehead atoms. The molecule has 13 heavy (non-hydrogen) atoms. The first-order valence-electron chi connectivity index (χ1n) is 3.98. The summed E-state index contributed by atoms with van der Waals surface area (Å²) in [5.74, 6) is 0. The molecule has 0 fully saturated rings. The third-order valence-electron chi connectivity index (χ3n) is 1.92. The molecule has 0 spiro atoms. The molecule has 2 nitrogen and oxygen atoms in total. The van der Waals surface area contributed by atoms with Crippen LogP contribution in [0.2, 0.25) is 0 Å². The van der Waals surface area contributed by atoms with E-state index >= 15 is 0 Å². The van der Waals surface area contributed by atoms with Crippen molar-refractivity contribution in [1.82, 2.24) is 0 Å². The van der Waals surface area contributed by atoms with E-state index in [1.54, 1.807) is 0 Å². The molecule has 0 unspecified atom stereocenters. The molecule has 0 aromatic heterocycles. The number of benzene rings is 1. The van der Waals surface area contributed by atoms with Crippen LogP contribution in [-0.4, -0.2) is 5.43 Å². The molecular weight excluding hydrogens is 188 g/mol. The van der Waals surface area contributed by atoms with Crippen molar-refractivity contribution in [2.75, 3.05) is 0 Å². The summed E-state index contributed by atoms with van der Waals surface area (Å²) in [6, 6.07) is 5.89. The second-order valence-electron chi connectivity index (χ2n) is 2.94. The van der Waals surface area contributed by atoms with E-state index < -0.39 is 5.43 Å². The maximum Gasteiger partial charge on any atom is 0.404 e. The Morgan fingerprint density at radius 3 is 2.62 bits per heavy atom. The van der Waals surface area contributed by atoms with E-state index in [1.165, 1.54) is 11.1 Å². The van der Waals surface area contributed by atoms with Crippen molar-refractivity contribution < 1.29 is 9.53 Å². The lowest BCUT2D eigenvalue weighted by Gasteiger charge is -2.04. The number of halogens is 1. The fraction of sp³-hybridized carbons (Fsp3) is 0.300. The van der Waals surface area contributed by atoms with Crippen molar-refractivity contribution in [3.05, 3.63) is 34.9 Å². The Bertz CT molecular complexity index is 321. The number of carbonyl (C=O) groups is 1. The maximum atomic E-state index is 10.3. The van der Waals surface area contributed by atoms with Gasteiger partial charge in [0.2, 0.25) is 0 Å². The van der Waals surface area contributed by atoms with Crippen LogP contribution in [0, 0.1) is 13.8 Å². The standard InChI is InChI=1S/C10H11ClO2/c1-7-3-4-9(5-8(7)2)6-13-10(11)12/h3-5H,6H2,1-2H3. The van der Waals surface area contributed by atoms with Crippen molar-refractivity contribution in [2.45, 2.75) is 20.5 Å². The number of hydrogen-bond donors (Lipinski definition) is 0. The SMILES string of the molecule is Cc1ccc(COC(=O)Cl)cc1C. The van der Waals surface area contributed by atoms with Gasteiger partial charge in [0.25, 0.3) is 0 Å². The average molecular weight is 199 g/mol. The summed E-state index contributed by atoms with van der Waals surface area (Å²) in [6.07, 6.45) is 0. The molecule has 3 heteroatoms. The van der Waals surface area contributed by atoms with Gasteiger partial charge in [0.1, 0.15) is 6.61 Å². The average Bonchev–Trinajstić information content (AvgIpc) is 2.07. The topological polar surface area (TPSA) is 26.3 Å². The molecule has 0 heterocycles. The van der Waals surface area contributed by atoms with Gasteiger partial charge in [-0.15, -0.1) is 0 Å². The Morgan fingerprint density at radius 2 is 2.08 bits per heavy atom. The predicted octanol–water partition coefficient (Wildman–Crippen LogP) is 3.18. The van der Waals surface area contributed by atoms with Gasteiger partial charge in [-0.05, 0) is 30.5 Å². The summed E-state index contributed by atoms with van der Waals surface area (Å²) >= 11 is 5.04. The Hall–Kier alpha value is -1.02. The van der Waals surface area contributed by atoms with Gasteiger partial charge in [-0.1, -0.05) is 18.2 Å². The highest BCUT2D eigenvalue weighted by molar-refractivity contribution is 6.61. The normalized spacial score (nSPS) is 9.77. The molecule has 0 saturated heterocycles. The molecule has 0 amide bonds. The lowest BCUT2D eigenvalue weighted by atomic mass is 10.1. The zero-order valence-electron chi connectivity index (χ0n) is 7.63. The molecule has 0 radical (unpaired) electrons. The minimum absolute atomic E-state index is 0.240.